The van der Waals surface area contributed by atoms with E-state index in [2.05, 4.69) is 10.6 Å². The lowest BCUT2D eigenvalue weighted by Crippen LogP contribution is -2.33. The van der Waals surface area contributed by atoms with Gasteiger partial charge in [0.25, 0.3) is 0 Å². The molecule has 0 saturated heterocycles. The number of hydrogen-bond acceptors (Lipinski definition) is 10. The summed E-state index contributed by atoms with van der Waals surface area (Å²) in [5, 5.41) is 42.1. The predicted molar refractivity (Wildman–Crippen MR) is 147 cm³/mol. The summed E-state index contributed by atoms with van der Waals surface area (Å²) in [5.41, 5.74) is 0.635. The number of nitrogens with one attached hydrogen (secondary N) is 2. The summed E-state index contributed by atoms with van der Waals surface area (Å²) >= 11 is 0. The number of aliphatic hydroxyl groups is 4. The van der Waals surface area contributed by atoms with Crippen molar-refractivity contribution in [2.45, 2.75) is 12.8 Å². The van der Waals surface area contributed by atoms with Crippen LogP contribution >= 0.6 is 0 Å². The molecule has 2 aromatic rings. The highest BCUT2D eigenvalue weighted by Gasteiger charge is 2.34. The zero-order valence-electron chi connectivity index (χ0n) is 22.3. The Hall–Kier alpha value is -3.52. The topological polar surface area (TPSA) is 180 Å². The van der Waals surface area contributed by atoms with Crippen LogP contribution in [0.25, 0.3) is 0 Å². The van der Waals surface area contributed by atoms with Crippen LogP contribution in [0.15, 0.2) is 36.4 Å². The lowest BCUT2D eigenvalue weighted by atomic mass is 9.82. The number of amides is 2. The van der Waals surface area contributed by atoms with Gasteiger partial charge in [0.1, 0.15) is 0 Å². The average molecular weight is 557 g/mol. The molecule has 2 aromatic carbocycles. The van der Waals surface area contributed by atoms with E-state index in [4.69, 9.17) is 0 Å². The zero-order valence-corrected chi connectivity index (χ0v) is 22.3. The van der Waals surface area contributed by atoms with Gasteiger partial charge in [-0.15, -0.1) is 0 Å². The molecular weight excluding hydrogens is 520 g/mol. The first-order valence-corrected chi connectivity index (χ1v) is 13.2. The van der Waals surface area contributed by atoms with E-state index in [0.717, 1.165) is 0 Å². The van der Waals surface area contributed by atoms with E-state index in [9.17, 15) is 39.6 Å². The standard InChI is InChI=1S/C28H36N4O8/c33-15-11-31(12-16-34)9-7-23(37)29-21-5-6-22(30-24(38)8-10-32(13-17-35)14-18-36)26-25(21)27(39)19-3-1-2-4-20(19)28(26)40/h1-6,33-36H,7-18H2,(H,29,37)(H,30,38). The predicted octanol–water partition coefficient (Wildman–Crippen LogP) is -0.308. The summed E-state index contributed by atoms with van der Waals surface area (Å²) in [6, 6.07) is 9.28. The number of hydrogen-bond donors (Lipinski definition) is 6. The Morgan fingerprint density at radius 2 is 0.925 bits per heavy atom. The minimum Gasteiger partial charge on any atom is -0.395 e. The third kappa shape index (κ3) is 7.78. The van der Waals surface area contributed by atoms with Gasteiger partial charge in [-0.25, -0.2) is 0 Å². The summed E-state index contributed by atoms with van der Waals surface area (Å²) in [4.78, 5) is 56.1. The van der Waals surface area contributed by atoms with Gasteiger partial charge in [-0.1, -0.05) is 24.3 Å². The summed E-state index contributed by atoms with van der Waals surface area (Å²) in [7, 11) is 0. The van der Waals surface area contributed by atoms with Gasteiger partial charge in [0.05, 0.1) is 48.9 Å². The van der Waals surface area contributed by atoms with Gasteiger partial charge in [-0.05, 0) is 12.1 Å². The van der Waals surface area contributed by atoms with E-state index in [0.29, 0.717) is 26.2 Å². The van der Waals surface area contributed by atoms with Crippen LogP contribution in [0.1, 0.15) is 44.7 Å². The molecule has 0 aliphatic heterocycles. The molecule has 0 atom stereocenters. The molecule has 0 aromatic heterocycles. The van der Waals surface area contributed by atoms with Gasteiger partial charge in [-0.2, -0.15) is 0 Å². The van der Waals surface area contributed by atoms with Gasteiger partial charge >= 0.3 is 0 Å². The van der Waals surface area contributed by atoms with E-state index in [1.165, 1.54) is 24.3 Å². The van der Waals surface area contributed by atoms with Crippen LogP contribution < -0.4 is 10.6 Å². The summed E-state index contributed by atoms with van der Waals surface area (Å²) in [6.07, 6.45) is 0.0360. The number of carbonyl (C=O) groups excluding carboxylic acids is 4. The van der Waals surface area contributed by atoms with Crippen molar-refractivity contribution >= 4 is 34.8 Å². The van der Waals surface area contributed by atoms with Gasteiger partial charge in [0.15, 0.2) is 11.6 Å². The molecule has 216 valence electrons. The maximum absolute atomic E-state index is 13.6. The second-order valence-corrected chi connectivity index (χ2v) is 9.29. The molecular formula is C28H36N4O8. The van der Waals surface area contributed by atoms with Crippen LogP contribution in [0.5, 0.6) is 0 Å². The van der Waals surface area contributed by atoms with Crippen molar-refractivity contribution in [3.8, 4) is 0 Å². The number of ketones is 2. The van der Waals surface area contributed by atoms with Crippen molar-refractivity contribution in [3.63, 3.8) is 0 Å². The third-order valence-corrected chi connectivity index (χ3v) is 6.60. The van der Waals surface area contributed by atoms with Gasteiger partial charge < -0.3 is 31.1 Å². The highest BCUT2D eigenvalue weighted by Crippen LogP contribution is 2.36. The van der Waals surface area contributed by atoms with E-state index in [1.54, 1.807) is 21.9 Å². The number of nitrogens with zero attached hydrogens (tertiary/aromatic N) is 2. The van der Waals surface area contributed by atoms with E-state index < -0.39 is 23.4 Å². The van der Waals surface area contributed by atoms with Crippen molar-refractivity contribution in [1.82, 2.24) is 9.80 Å². The van der Waals surface area contributed by atoms with Crippen LogP contribution in [0.4, 0.5) is 11.4 Å². The number of rotatable bonds is 16. The Morgan fingerprint density at radius 3 is 1.25 bits per heavy atom. The summed E-state index contributed by atoms with van der Waals surface area (Å²) in [5.74, 6) is -1.77. The van der Waals surface area contributed by atoms with Crippen molar-refractivity contribution < 1.29 is 39.6 Å². The van der Waals surface area contributed by atoms with Crippen LogP contribution in [-0.4, -0.2) is 119 Å². The van der Waals surface area contributed by atoms with Crippen molar-refractivity contribution in [1.29, 1.82) is 0 Å². The fraction of sp³-hybridized carbons (Fsp3) is 0.429. The Morgan fingerprint density at radius 1 is 0.575 bits per heavy atom. The fourth-order valence-corrected chi connectivity index (χ4v) is 4.61. The van der Waals surface area contributed by atoms with Gasteiger partial charge in [0.2, 0.25) is 11.8 Å². The van der Waals surface area contributed by atoms with Gasteiger partial charge in [-0.3, -0.25) is 29.0 Å². The molecule has 0 fully saturated rings. The molecule has 3 rings (SSSR count). The second kappa shape index (κ2) is 15.3. The first-order chi connectivity index (χ1) is 19.3. The monoisotopic (exact) mass is 556 g/mol. The molecule has 0 bridgehead atoms. The highest BCUT2D eigenvalue weighted by molar-refractivity contribution is 6.32. The molecule has 12 heteroatoms. The Labute approximate surface area is 232 Å². The van der Waals surface area contributed by atoms with Crippen molar-refractivity contribution in [2.24, 2.45) is 0 Å². The number of anilines is 2. The van der Waals surface area contributed by atoms with E-state index >= 15 is 0 Å². The van der Waals surface area contributed by atoms with Crippen LogP contribution in [0.3, 0.4) is 0 Å². The Bertz CT molecular complexity index is 1110. The summed E-state index contributed by atoms with van der Waals surface area (Å²) < 4.78 is 0. The molecule has 1 aliphatic rings. The number of fused-ring (bicyclic) bond motifs is 2. The first kappa shape index (κ1) is 31.0. The van der Waals surface area contributed by atoms with E-state index in [-0.39, 0.29) is 86.0 Å². The average Bonchev–Trinajstić information content (AvgIpc) is 2.94. The number of benzene rings is 2. The highest BCUT2D eigenvalue weighted by atomic mass is 16.3. The number of carbonyl (C=O) groups is 4. The Balaban J connectivity index is 1.86. The van der Waals surface area contributed by atoms with Crippen LogP contribution in [0, 0.1) is 0 Å². The summed E-state index contributed by atoms with van der Waals surface area (Å²) in [6.45, 7) is 1.19. The molecule has 0 unspecified atom stereocenters. The fourth-order valence-electron chi connectivity index (χ4n) is 4.61. The molecule has 6 N–H and O–H groups in total. The van der Waals surface area contributed by atoms with Crippen molar-refractivity contribution in [3.05, 3.63) is 58.7 Å². The maximum atomic E-state index is 13.6. The number of aliphatic hydroxyl groups excluding tert-OH is 4. The quantitative estimate of drug-likeness (QED) is 0.137. The normalized spacial score (nSPS) is 12.4. The molecule has 2 amide bonds. The SMILES string of the molecule is O=C(CCN(CCO)CCO)Nc1ccc(NC(=O)CCN(CCO)CCO)c2c1C(=O)c1ccccc1C2=O. The van der Waals surface area contributed by atoms with Crippen LogP contribution in [-0.2, 0) is 9.59 Å². The first-order valence-electron chi connectivity index (χ1n) is 13.2. The molecule has 0 spiro atoms. The largest absolute Gasteiger partial charge is 0.395 e. The van der Waals surface area contributed by atoms with E-state index in [1.807, 2.05) is 0 Å². The minimum atomic E-state index is -0.462. The molecule has 1 aliphatic carbocycles. The molecule has 0 heterocycles. The lowest BCUT2D eigenvalue weighted by molar-refractivity contribution is -0.117. The second-order valence-electron chi connectivity index (χ2n) is 9.29. The Kier molecular flexibility index (Phi) is 11.9. The smallest absolute Gasteiger partial charge is 0.225 e. The zero-order chi connectivity index (χ0) is 29.1. The third-order valence-electron chi connectivity index (χ3n) is 6.60. The van der Waals surface area contributed by atoms with Gasteiger partial charge in [0, 0.05) is 63.2 Å². The van der Waals surface area contributed by atoms with Crippen molar-refractivity contribution in [2.75, 3.05) is 76.3 Å². The molecule has 12 nitrogen and oxygen atoms in total. The minimum absolute atomic E-state index is 0.0142. The lowest BCUT2D eigenvalue weighted by Gasteiger charge is -2.24. The molecule has 0 radical (unpaired) electrons. The molecule has 40 heavy (non-hydrogen) atoms. The maximum Gasteiger partial charge on any atom is 0.225 e. The molecule has 0 saturated carbocycles. The van der Waals surface area contributed by atoms with Crippen LogP contribution in [0.2, 0.25) is 0 Å².